The first-order valence-corrected chi connectivity index (χ1v) is 6.18. The predicted octanol–water partition coefficient (Wildman–Crippen LogP) is 4.12. The Morgan fingerprint density at radius 3 is 2.56 bits per heavy atom. The average Bonchev–Trinajstić information content (AvgIpc) is 2.34. The van der Waals surface area contributed by atoms with Crippen molar-refractivity contribution >= 4 is 15.9 Å². The van der Waals surface area contributed by atoms with E-state index in [1.165, 1.54) is 13.0 Å². The van der Waals surface area contributed by atoms with Crippen LogP contribution in [0.4, 0.5) is 8.78 Å². The van der Waals surface area contributed by atoms with Crippen LogP contribution in [0, 0.1) is 18.6 Å². The van der Waals surface area contributed by atoms with Crippen LogP contribution in [-0.2, 0) is 0 Å². The Bertz CT molecular complexity index is 584. The Morgan fingerprint density at radius 2 is 1.89 bits per heavy atom. The molecule has 1 nitrogen and oxygen atoms in total. The Balaban J connectivity index is 2.52. The van der Waals surface area contributed by atoms with E-state index >= 15 is 0 Å². The van der Waals surface area contributed by atoms with Crippen molar-refractivity contribution in [1.29, 1.82) is 0 Å². The molecule has 0 spiro atoms. The lowest BCUT2D eigenvalue weighted by Crippen LogP contribution is -2.07. The van der Waals surface area contributed by atoms with Crippen molar-refractivity contribution in [3.8, 4) is 0 Å². The highest BCUT2D eigenvalue weighted by molar-refractivity contribution is 9.10. The molecule has 0 amide bonds. The summed E-state index contributed by atoms with van der Waals surface area (Å²) in [6.45, 7) is 1.53. The SMILES string of the molecule is Cc1ccc(F)c(C(O)c2cccc(Br)c2)c1F. The molecular formula is C14H11BrF2O. The molecule has 0 saturated heterocycles. The monoisotopic (exact) mass is 312 g/mol. The fourth-order valence-corrected chi connectivity index (χ4v) is 2.19. The van der Waals surface area contributed by atoms with Gasteiger partial charge in [0.2, 0.25) is 0 Å². The molecule has 0 aliphatic rings. The number of aryl methyl sites for hydroxylation is 1. The lowest BCUT2D eigenvalue weighted by atomic mass is 9.99. The van der Waals surface area contributed by atoms with Crippen molar-refractivity contribution in [1.82, 2.24) is 0 Å². The molecule has 0 bridgehead atoms. The van der Waals surface area contributed by atoms with E-state index in [-0.39, 0.29) is 5.56 Å². The van der Waals surface area contributed by atoms with Crippen molar-refractivity contribution in [3.05, 3.63) is 69.2 Å². The molecular weight excluding hydrogens is 302 g/mol. The first kappa shape index (κ1) is 13.2. The van der Waals surface area contributed by atoms with E-state index in [0.717, 1.165) is 10.5 Å². The van der Waals surface area contributed by atoms with Gasteiger partial charge < -0.3 is 5.11 Å². The molecule has 2 aromatic carbocycles. The maximum Gasteiger partial charge on any atom is 0.135 e. The van der Waals surface area contributed by atoms with Gasteiger partial charge in [-0.15, -0.1) is 0 Å². The van der Waals surface area contributed by atoms with Gasteiger partial charge in [0.05, 0.1) is 5.56 Å². The molecule has 0 aliphatic carbocycles. The van der Waals surface area contributed by atoms with E-state index in [1.54, 1.807) is 24.3 Å². The van der Waals surface area contributed by atoms with Gasteiger partial charge in [0, 0.05) is 4.47 Å². The molecule has 0 radical (unpaired) electrons. The Hall–Kier alpha value is -1.26. The van der Waals surface area contributed by atoms with Crippen LogP contribution in [0.5, 0.6) is 0 Å². The van der Waals surface area contributed by atoms with Gasteiger partial charge in [-0.2, -0.15) is 0 Å². The highest BCUT2D eigenvalue weighted by Gasteiger charge is 2.21. The first-order valence-electron chi connectivity index (χ1n) is 5.38. The van der Waals surface area contributed by atoms with E-state index in [4.69, 9.17) is 0 Å². The summed E-state index contributed by atoms with van der Waals surface area (Å²) in [6.07, 6.45) is -1.32. The van der Waals surface area contributed by atoms with E-state index in [2.05, 4.69) is 15.9 Å². The summed E-state index contributed by atoms with van der Waals surface area (Å²) in [4.78, 5) is 0. The van der Waals surface area contributed by atoms with Crippen LogP contribution < -0.4 is 0 Å². The zero-order valence-corrected chi connectivity index (χ0v) is 11.2. The molecule has 18 heavy (non-hydrogen) atoms. The molecule has 0 fully saturated rings. The second-order valence-corrected chi connectivity index (χ2v) is 4.97. The van der Waals surface area contributed by atoms with Crippen molar-refractivity contribution in [3.63, 3.8) is 0 Å². The number of hydrogen-bond donors (Lipinski definition) is 1. The van der Waals surface area contributed by atoms with E-state index in [1.807, 2.05) is 0 Å². The minimum absolute atomic E-state index is 0.306. The lowest BCUT2D eigenvalue weighted by Gasteiger charge is -2.14. The topological polar surface area (TPSA) is 20.2 Å². The van der Waals surface area contributed by atoms with Crippen LogP contribution >= 0.6 is 15.9 Å². The third-order valence-corrected chi connectivity index (χ3v) is 3.25. The first-order chi connectivity index (χ1) is 8.50. The van der Waals surface area contributed by atoms with Crippen LogP contribution in [0.1, 0.15) is 22.8 Å². The molecule has 1 unspecified atom stereocenters. The lowest BCUT2D eigenvalue weighted by molar-refractivity contribution is 0.208. The van der Waals surface area contributed by atoms with Gasteiger partial charge in [0.15, 0.2) is 0 Å². The van der Waals surface area contributed by atoms with Gasteiger partial charge in [-0.05, 0) is 36.2 Å². The third-order valence-electron chi connectivity index (χ3n) is 2.76. The molecule has 0 aliphatic heterocycles. The van der Waals surface area contributed by atoms with Gasteiger partial charge in [0.1, 0.15) is 17.7 Å². The summed E-state index contributed by atoms with van der Waals surface area (Å²) < 4.78 is 28.3. The summed E-state index contributed by atoms with van der Waals surface area (Å²) >= 11 is 3.26. The number of rotatable bonds is 2. The van der Waals surface area contributed by atoms with E-state index < -0.39 is 17.7 Å². The van der Waals surface area contributed by atoms with Gasteiger partial charge in [-0.3, -0.25) is 0 Å². The number of aliphatic hydroxyl groups is 1. The van der Waals surface area contributed by atoms with Gasteiger partial charge in [0.25, 0.3) is 0 Å². The van der Waals surface area contributed by atoms with Crippen LogP contribution in [0.2, 0.25) is 0 Å². The maximum absolute atomic E-state index is 13.9. The predicted molar refractivity (Wildman–Crippen MR) is 69.3 cm³/mol. The van der Waals surface area contributed by atoms with Crippen LogP contribution in [0.25, 0.3) is 0 Å². The van der Waals surface area contributed by atoms with Crippen molar-refractivity contribution in [2.75, 3.05) is 0 Å². The standard InChI is InChI=1S/C14H11BrF2O/c1-8-5-6-11(16)12(13(8)17)14(18)9-3-2-4-10(15)7-9/h2-7,14,18H,1H3. The highest BCUT2D eigenvalue weighted by atomic mass is 79.9. The Morgan fingerprint density at radius 1 is 1.17 bits per heavy atom. The molecule has 2 aromatic rings. The summed E-state index contributed by atoms with van der Waals surface area (Å²) in [6, 6.07) is 9.24. The van der Waals surface area contributed by atoms with Crippen molar-refractivity contribution in [2.24, 2.45) is 0 Å². The zero-order chi connectivity index (χ0) is 13.3. The normalized spacial score (nSPS) is 12.5. The van der Waals surface area contributed by atoms with E-state index in [0.29, 0.717) is 11.1 Å². The third kappa shape index (κ3) is 2.44. The fraction of sp³-hybridized carbons (Fsp3) is 0.143. The molecule has 0 saturated carbocycles. The van der Waals surface area contributed by atoms with Crippen molar-refractivity contribution < 1.29 is 13.9 Å². The second kappa shape index (κ2) is 5.16. The summed E-state index contributed by atoms with van der Waals surface area (Å²) in [7, 11) is 0. The molecule has 0 heterocycles. The zero-order valence-electron chi connectivity index (χ0n) is 9.62. The molecule has 2 rings (SSSR count). The minimum atomic E-state index is -1.32. The van der Waals surface area contributed by atoms with Crippen molar-refractivity contribution in [2.45, 2.75) is 13.0 Å². The molecule has 4 heteroatoms. The highest BCUT2D eigenvalue weighted by Crippen LogP contribution is 2.29. The van der Waals surface area contributed by atoms with Gasteiger partial charge in [-0.1, -0.05) is 34.1 Å². The number of aliphatic hydroxyl groups excluding tert-OH is 1. The quantitative estimate of drug-likeness (QED) is 0.884. The fourth-order valence-electron chi connectivity index (χ4n) is 1.77. The number of halogens is 3. The summed E-state index contributed by atoms with van der Waals surface area (Å²) in [5.41, 5.74) is 0.432. The van der Waals surface area contributed by atoms with Crippen LogP contribution in [-0.4, -0.2) is 5.11 Å². The Labute approximate surface area is 112 Å². The number of hydrogen-bond acceptors (Lipinski definition) is 1. The minimum Gasteiger partial charge on any atom is -0.383 e. The summed E-state index contributed by atoms with van der Waals surface area (Å²) in [5.74, 6) is -1.45. The van der Waals surface area contributed by atoms with Crippen LogP contribution in [0.15, 0.2) is 40.9 Å². The average molecular weight is 313 g/mol. The maximum atomic E-state index is 13.9. The molecule has 0 aromatic heterocycles. The van der Waals surface area contributed by atoms with Gasteiger partial charge >= 0.3 is 0 Å². The van der Waals surface area contributed by atoms with Crippen LogP contribution in [0.3, 0.4) is 0 Å². The Kier molecular flexibility index (Phi) is 3.78. The number of benzene rings is 2. The summed E-state index contributed by atoms with van der Waals surface area (Å²) in [5, 5.41) is 10.1. The van der Waals surface area contributed by atoms with E-state index in [9.17, 15) is 13.9 Å². The molecule has 1 atom stereocenters. The molecule has 1 N–H and O–H groups in total. The van der Waals surface area contributed by atoms with Gasteiger partial charge in [-0.25, -0.2) is 8.78 Å². The molecule has 94 valence electrons. The smallest absolute Gasteiger partial charge is 0.135 e. The second-order valence-electron chi connectivity index (χ2n) is 4.05. The largest absolute Gasteiger partial charge is 0.383 e.